The quantitative estimate of drug-likeness (QED) is 0.126. The summed E-state index contributed by atoms with van der Waals surface area (Å²) in [7, 11) is -1.71. The lowest BCUT2D eigenvalue weighted by Crippen LogP contribution is -2.64. The van der Waals surface area contributed by atoms with Crippen molar-refractivity contribution in [2.24, 2.45) is 17.8 Å². The Morgan fingerprint density at radius 2 is 1.30 bits per heavy atom. The van der Waals surface area contributed by atoms with Gasteiger partial charge in [0.05, 0.1) is 91.7 Å². The fourth-order valence-electron chi connectivity index (χ4n) is 10.2. The van der Waals surface area contributed by atoms with Gasteiger partial charge in [-0.05, 0) is 40.2 Å². The van der Waals surface area contributed by atoms with Crippen molar-refractivity contribution in [3.05, 3.63) is 85.1 Å². The van der Waals surface area contributed by atoms with E-state index < -0.39 is 163 Å². The second-order valence-electron chi connectivity index (χ2n) is 22.1. The van der Waals surface area contributed by atoms with Gasteiger partial charge in [-0.1, -0.05) is 98.9 Å². The van der Waals surface area contributed by atoms with Gasteiger partial charge in [0.1, 0.15) is 28.1 Å². The Bertz CT molecular complexity index is 2270. The number of allylic oxidation sites excluding steroid dienone is 12. The molecule has 460 valence electrons. The molecule has 2 amide bonds. The highest BCUT2D eigenvalue weighted by Gasteiger charge is 2.52. The molecule has 4 aliphatic rings. The number of esters is 1. The predicted octanol–water partition coefficient (Wildman–Crippen LogP) is -0.807. The van der Waals surface area contributed by atoms with Crippen LogP contribution in [0.3, 0.4) is 0 Å². The molecule has 0 aromatic carbocycles. The van der Waals surface area contributed by atoms with Gasteiger partial charge in [-0.15, -0.1) is 0 Å². The van der Waals surface area contributed by atoms with Crippen LogP contribution in [0.5, 0.6) is 0 Å². The number of aliphatic hydroxyl groups is 10. The first-order valence-corrected chi connectivity index (χ1v) is 30.1. The summed E-state index contributed by atoms with van der Waals surface area (Å²) in [4.78, 5) is 43.5. The van der Waals surface area contributed by atoms with Crippen molar-refractivity contribution in [3.8, 4) is 0 Å². The molecule has 23 nitrogen and oxygen atoms in total. The maximum atomic E-state index is 14.6. The zero-order chi connectivity index (χ0) is 60.0. The zero-order valence-electron chi connectivity index (χ0n) is 47.5. The summed E-state index contributed by atoms with van der Waals surface area (Å²) >= 11 is 0. The van der Waals surface area contributed by atoms with Gasteiger partial charge in [0.2, 0.25) is 11.8 Å². The molecule has 0 saturated carbocycles. The Kier molecular flexibility index (Phi) is 29.2. The van der Waals surface area contributed by atoms with Crippen LogP contribution in [0.25, 0.3) is 0 Å². The first-order chi connectivity index (χ1) is 38.2. The number of ether oxygens (including phenoxy) is 4. The van der Waals surface area contributed by atoms with E-state index in [1.165, 1.54) is 11.8 Å². The number of nitrogens with one attached hydrogen (secondary N) is 2. The van der Waals surface area contributed by atoms with Gasteiger partial charge in [-0.25, -0.2) is 8.42 Å². The maximum absolute atomic E-state index is 14.6. The molecule has 12 N–H and O–H groups in total. The number of carbonyl (C=O) groups is 3. The van der Waals surface area contributed by atoms with Crippen LogP contribution in [-0.4, -0.2) is 243 Å². The topological polar surface area (TPSA) is 355 Å². The number of nitrogens with zero attached hydrogens (tertiary/aromatic N) is 2. The van der Waals surface area contributed by atoms with E-state index in [2.05, 4.69) is 10.6 Å². The summed E-state index contributed by atoms with van der Waals surface area (Å²) in [6.07, 6.45) is 4.06. The third-order valence-electron chi connectivity index (χ3n) is 15.1. The van der Waals surface area contributed by atoms with Crippen molar-refractivity contribution in [1.82, 2.24) is 20.4 Å². The third kappa shape index (κ3) is 23.8. The van der Waals surface area contributed by atoms with Crippen molar-refractivity contribution < 1.29 is 92.8 Å². The first kappa shape index (κ1) is 69.4. The Labute approximate surface area is 476 Å². The van der Waals surface area contributed by atoms with Crippen molar-refractivity contribution in [2.75, 3.05) is 58.3 Å². The molecule has 0 radical (unpaired) electrons. The largest absolute Gasteiger partial charge is 0.462 e. The highest BCUT2D eigenvalue weighted by Crippen LogP contribution is 2.39. The van der Waals surface area contributed by atoms with Crippen molar-refractivity contribution >= 4 is 27.6 Å². The lowest BCUT2D eigenvalue weighted by molar-refractivity contribution is -0.308. The fourth-order valence-corrected chi connectivity index (χ4v) is 10.8. The standard InChI is InChI=1S/C57H92N4O19S/c1-36-19-17-15-13-11-9-7-8-10-12-14-16-18-20-43(79-56-54(72)51(53(71)39(4)78-56)59-48(68)35-58-5)32-47-50(55(73)61-25-23-60(24-26-61)27-28-81(6,75)76)46(67)34-57(74,80-47)33-42(64)30-45(66)44(65)22-21-40(62)29-41(63)31-49(69)77-38(3)37(2)52(36)70/h7-20,36-47,50-54,56,58,62-67,70-72,74H,21-35H2,1-6H3,(H,59,68)/b8-7-,11-9-,12-10-,15-13-,16-14-,19-17-,20-18+/t36-,37-,38-,39+,40+,41+,42-,43-,44+,45+,46-,47-,50+,51-,52+,53+,54-,56-,57+/m0/s1. The van der Waals surface area contributed by atoms with E-state index in [0.29, 0.717) is 13.1 Å². The van der Waals surface area contributed by atoms with Crippen LogP contribution in [0.2, 0.25) is 0 Å². The molecular formula is C57H92N4O19S. The van der Waals surface area contributed by atoms with Crippen LogP contribution in [0.4, 0.5) is 0 Å². The fraction of sp³-hybridized carbons (Fsp3) is 0.702. The minimum absolute atomic E-state index is 0.0774. The molecule has 81 heavy (non-hydrogen) atoms. The van der Waals surface area contributed by atoms with Crippen LogP contribution in [0.15, 0.2) is 85.1 Å². The maximum Gasteiger partial charge on any atom is 0.308 e. The van der Waals surface area contributed by atoms with E-state index in [-0.39, 0.29) is 63.5 Å². The smallest absolute Gasteiger partial charge is 0.308 e. The van der Waals surface area contributed by atoms with Crippen LogP contribution in [0, 0.1) is 17.8 Å². The SMILES string of the molecule is CNCC(=O)N[C@@H]1[C@H](O)[C@H](O[C@H]2/C=C/C=C\C=C/C=C\C=C/C=C\C=C/[C@H](C)[C@@H](O)[C@@H](C)[C@H](C)OC(=O)C[C@H](O)C[C@H](O)CC[C@@H](O)[C@H](O)C[C@H](O)C[C@]3(O)C[C@H](O)[C@@H](C(=O)N4CCN(CCS(C)(=O)=O)CC4)[C@H](C2)O3)O[C@H](C)[C@H]1O. The van der Waals surface area contributed by atoms with Crippen molar-refractivity contribution in [1.29, 1.82) is 0 Å². The summed E-state index contributed by atoms with van der Waals surface area (Å²) in [6, 6.07) is -1.25. The van der Waals surface area contributed by atoms with E-state index in [1.54, 1.807) is 93.8 Å². The Morgan fingerprint density at radius 1 is 0.704 bits per heavy atom. The number of amides is 2. The van der Waals surface area contributed by atoms with Crippen molar-refractivity contribution in [2.45, 2.75) is 177 Å². The molecule has 24 heteroatoms. The molecule has 0 unspecified atom stereocenters. The van der Waals surface area contributed by atoms with Gasteiger partial charge in [0.25, 0.3) is 0 Å². The molecule has 4 heterocycles. The summed E-state index contributed by atoms with van der Waals surface area (Å²) in [6.45, 7) is 7.84. The Balaban J connectivity index is 1.67. The number of cyclic esters (lactones) is 1. The van der Waals surface area contributed by atoms with Crippen LogP contribution in [-0.2, 0) is 43.2 Å². The number of carbonyl (C=O) groups excluding carboxylic acids is 3. The van der Waals surface area contributed by atoms with Gasteiger partial charge in [0.15, 0.2) is 12.1 Å². The molecule has 3 saturated heterocycles. The molecule has 0 aromatic heterocycles. The minimum Gasteiger partial charge on any atom is -0.462 e. The highest BCUT2D eigenvalue weighted by molar-refractivity contribution is 7.90. The monoisotopic (exact) mass is 1170 g/mol. The minimum atomic E-state index is -3.26. The summed E-state index contributed by atoms with van der Waals surface area (Å²) in [5, 5.41) is 118. The number of hydrogen-bond donors (Lipinski definition) is 12. The second kappa shape index (κ2) is 34.0. The average Bonchev–Trinajstić information content (AvgIpc) is 3.41. The molecule has 4 rings (SSSR count). The predicted molar refractivity (Wildman–Crippen MR) is 300 cm³/mol. The highest BCUT2D eigenvalue weighted by atomic mass is 32.2. The second-order valence-corrected chi connectivity index (χ2v) is 24.3. The number of sulfone groups is 1. The molecule has 0 aromatic rings. The molecular weight excluding hydrogens is 1080 g/mol. The Hall–Kier alpha value is -4.06. The van der Waals surface area contributed by atoms with Gasteiger partial charge < -0.3 is 85.5 Å². The van der Waals surface area contributed by atoms with Crippen LogP contribution >= 0.6 is 0 Å². The van der Waals surface area contributed by atoms with Crippen LogP contribution in [0.1, 0.15) is 79.1 Å². The number of rotatable bonds is 9. The first-order valence-electron chi connectivity index (χ1n) is 28.0. The summed E-state index contributed by atoms with van der Waals surface area (Å²) in [5.74, 6) is -6.39. The molecule has 0 spiro atoms. The molecule has 19 atom stereocenters. The molecule has 0 aliphatic carbocycles. The normalized spacial score (nSPS) is 40.4. The van der Waals surface area contributed by atoms with E-state index in [0.717, 1.165) is 6.26 Å². The number of aliphatic hydroxyl groups excluding tert-OH is 9. The number of piperazine rings is 1. The van der Waals surface area contributed by atoms with E-state index in [4.69, 9.17) is 18.9 Å². The number of fused-ring (bicyclic) bond motifs is 2. The average molecular weight is 1170 g/mol. The zero-order valence-corrected chi connectivity index (χ0v) is 48.3. The van der Waals surface area contributed by atoms with Gasteiger partial charge >= 0.3 is 5.97 Å². The van der Waals surface area contributed by atoms with E-state index >= 15 is 0 Å². The summed E-state index contributed by atoms with van der Waals surface area (Å²) < 4.78 is 48.0. The van der Waals surface area contributed by atoms with Gasteiger partial charge in [0, 0.05) is 76.5 Å². The lowest BCUT2D eigenvalue weighted by Gasteiger charge is -2.47. The third-order valence-corrected chi connectivity index (χ3v) is 16.0. The lowest BCUT2D eigenvalue weighted by atomic mass is 9.81. The van der Waals surface area contributed by atoms with E-state index in [9.17, 15) is 73.9 Å². The molecule has 2 bridgehead atoms. The Morgan fingerprint density at radius 3 is 1.89 bits per heavy atom. The number of hydrogen-bond acceptors (Lipinski definition) is 21. The van der Waals surface area contributed by atoms with Crippen LogP contribution < -0.4 is 10.6 Å². The van der Waals surface area contributed by atoms with Crippen molar-refractivity contribution in [3.63, 3.8) is 0 Å². The van der Waals surface area contributed by atoms with E-state index in [1.807, 2.05) is 24.0 Å². The molecule has 4 aliphatic heterocycles. The summed E-state index contributed by atoms with van der Waals surface area (Å²) in [5.41, 5.74) is 0. The molecule has 3 fully saturated rings. The number of likely N-dealkylation sites (N-methyl/N-ethyl adjacent to an activating group) is 1. The van der Waals surface area contributed by atoms with Gasteiger partial charge in [-0.3, -0.25) is 19.3 Å². The van der Waals surface area contributed by atoms with Gasteiger partial charge in [-0.2, -0.15) is 0 Å².